The van der Waals surface area contributed by atoms with Gasteiger partial charge >= 0.3 is 15.6 Å². The van der Waals surface area contributed by atoms with E-state index in [0.29, 0.717) is 5.57 Å². The van der Waals surface area contributed by atoms with Crippen molar-refractivity contribution >= 4 is 15.9 Å². The number of carbonyl (C=O) groups is 1. The molecule has 0 amide bonds. The van der Waals surface area contributed by atoms with Crippen LogP contribution in [-0.4, -0.2) is 19.7 Å². The summed E-state index contributed by atoms with van der Waals surface area (Å²) in [5.41, 5.74) is -5.19. The van der Waals surface area contributed by atoms with Gasteiger partial charge in [-0.2, -0.15) is 21.6 Å². The molecule has 18 heavy (non-hydrogen) atoms. The molecule has 0 aromatic rings. The number of Topliss-reactive ketones (excluding diaryl/α,β-unsaturated/α-hetero) is 1. The molecule has 0 aliphatic carbocycles. The molecule has 0 fully saturated rings. The van der Waals surface area contributed by atoms with Crippen molar-refractivity contribution in [2.24, 2.45) is 0 Å². The topological polar surface area (TPSA) is 60.4 Å². The van der Waals surface area contributed by atoms with Gasteiger partial charge in [0.05, 0.1) is 0 Å². The van der Waals surface area contributed by atoms with E-state index in [9.17, 15) is 26.4 Å². The third kappa shape index (κ3) is 4.52. The molecule has 0 saturated heterocycles. The fourth-order valence-corrected chi connectivity index (χ4v) is 1.58. The van der Waals surface area contributed by atoms with Crippen LogP contribution >= 0.6 is 0 Å². The minimum Gasteiger partial charge on any atom is -0.380 e. The van der Waals surface area contributed by atoms with Crippen LogP contribution < -0.4 is 0 Å². The van der Waals surface area contributed by atoms with Gasteiger partial charge in [-0.05, 0) is 27.2 Å². The largest absolute Gasteiger partial charge is 0.534 e. The van der Waals surface area contributed by atoms with Crippen LogP contribution in [0.3, 0.4) is 0 Å². The summed E-state index contributed by atoms with van der Waals surface area (Å²) >= 11 is 0. The summed E-state index contributed by atoms with van der Waals surface area (Å²) in [5.74, 6) is -1.17. The van der Waals surface area contributed by atoms with Crippen molar-refractivity contribution in [1.29, 1.82) is 0 Å². The Morgan fingerprint density at radius 3 is 1.94 bits per heavy atom. The molecule has 0 radical (unpaired) electrons. The first-order chi connectivity index (χ1) is 7.88. The van der Waals surface area contributed by atoms with Gasteiger partial charge in [-0.1, -0.05) is 12.2 Å². The van der Waals surface area contributed by atoms with Gasteiger partial charge in [-0.25, -0.2) is 0 Å². The molecule has 0 rings (SSSR count). The van der Waals surface area contributed by atoms with Gasteiger partial charge in [-0.15, -0.1) is 0 Å². The van der Waals surface area contributed by atoms with Crippen LogP contribution in [0.4, 0.5) is 13.2 Å². The summed E-state index contributed by atoms with van der Waals surface area (Å²) < 4.78 is 61.7. The minimum absolute atomic E-state index is 0.0471. The van der Waals surface area contributed by atoms with E-state index in [2.05, 4.69) is 10.8 Å². The zero-order valence-electron chi connectivity index (χ0n) is 10.1. The maximum absolute atomic E-state index is 12.1. The molecule has 0 aromatic carbocycles. The zero-order chi connectivity index (χ0) is 14.7. The van der Waals surface area contributed by atoms with E-state index in [-0.39, 0.29) is 12.0 Å². The van der Waals surface area contributed by atoms with Crippen molar-refractivity contribution in [3.05, 3.63) is 23.5 Å². The minimum atomic E-state index is -5.75. The third-order valence-electron chi connectivity index (χ3n) is 1.85. The number of allylic oxidation sites excluding steroid dienone is 3. The van der Waals surface area contributed by atoms with Gasteiger partial charge in [0.15, 0.2) is 5.78 Å². The van der Waals surface area contributed by atoms with Crippen molar-refractivity contribution in [2.45, 2.75) is 32.7 Å². The summed E-state index contributed by atoms with van der Waals surface area (Å²) in [4.78, 5) is 11.2. The SMILES string of the molecule is C=C(C)C/C(C(C)=O)=C(\C)OS(=O)(=O)C(F)(F)F. The van der Waals surface area contributed by atoms with Gasteiger partial charge in [0.2, 0.25) is 0 Å². The normalized spacial score (nSPS) is 13.9. The Morgan fingerprint density at radius 1 is 1.22 bits per heavy atom. The molecule has 0 N–H and O–H groups in total. The predicted octanol–water partition coefficient (Wildman–Crippen LogP) is 2.68. The first-order valence-corrected chi connectivity index (χ1v) is 6.15. The van der Waals surface area contributed by atoms with Crippen LogP contribution in [0.15, 0.2) is 23.5 Å². The zero-order valence-corrected chi connectivity index (χ0v) is 10.9. The molecule has 104 valence electrons. The highest BCUT2D eigenvalue weighted by Gasteiger charge is 2.48. The van der Waals surface area contributed by atoms with Crippen LogP contribution in [0.5, 0.6) is 0 Å². The third-order valence-corrected chi connectivity index (χ3v) is 2.88. The van der Waals surface area contributed by atoms with Crippen LogP contribution in [0.1, 0.15) is 27.2 Å². The Balaban J connectivity index is 5.41. The lowest BCUT2D eigenvalue weighted by Gasteiger charge is -2.13. The second kappa shape index (κ2) is 5.55. The fraction of sp³-hybridized carbons (Fsp3) is 0.500. The Kier molecular flexibility index (Phi) is 5.15. The van der Waals surface area contributed by atoms with E-state index < -0.39 is 27.2 Å². The summed E-state index contributed by atoms with van der Waals surface area (Å²) in [6.45, 7) is 7.13. The van der Waals surface area contributed by atoms with Crippen LogP contribution in [0, 0.1) is 0 Å². The second-order valence-corrected chi connectivity index (χ2v) is 5.25. The molecule has 0 aliphatic rings. The van der Waals surface area contributed by atoms with E-state index in [4.69, 9.17) is 0 Å². The lowest BCUT2D eigenvalue weighted by atomic mass is 10.0. The van der Waals surface area contributed by atoms with Gasteiger partial charge in [-0.3, -0.25) is 4.79 Å². The molecule has 0 spiro atoms. The van der Waals surface area contributed by atoms with Crippen LogP contribution in [0.2, 0.25) is 0 Å². The lowest BCUT2D eigenvalue weighted by Crippen LogP contribution is -2.25. The highest BCUT2D eigenvalue weighted by Crippen LogP contribution is 2.28. The summed E-state index contributed by atoms with van der Waals surface area (Å²) in [6.07, 6.45) is -0.0471. The molecular weight excluding hydrogens is 273 g/mol. The van der Waals surface area contributed by atoms with Crippen molar-refractivity contribution in [1.82, 2.24) is 0 Å². The van der Waals surface area contributed by atoms with Gasteiger partial charge in [0.1, 0.15) is 5.76 Å². The standard InChI is InChI=1S/C10H13F3O4S/c1-6(2)5-9(7(3)14)8(4)17-18(15,16)10(11,12)13/h1,5H2,2-4H3/b9-8-. The summed E-state index contributed by atoms with van der Waals surface area (Å²) in [5, 5.41) is 0. The Bertz CT molecular complexity index is 486. The van der Waals surface area contributed by atoms with Gasteiger partial charge < -0.3 is 4.18 Å². The second-order valence-electron chi connectivity index (χ2n) is 3.71. The van der Waals surface area contributed by atoms with Gasteiger partial charge in [0.25, 0.3) is 0 Å². The number of carbonyl (C=O) groups excluding carboxylic acids is 1. The molecular formula is C10H13F3O4S. The number of hydrogen-bond donors (Lipinski definition) is 0. The van der Waals surface area contributed by atoms with Crippen molar-refractivity contribution in [3.8, 4) is 0 Å². The average Bonchev–Trinajstić information content (AvgIpc) is 2.10. The number of alkyl halides is 3. The Labute approximate surface area is 103 Å². The van der Waals surface area contributed by atoms with E-state index in [1.54, 1.807) is 6.92 Å². The monoisotopic (exact) mass is 286 g/mol. The molecule has 0 aromatic heterocycles. The van der Waals surface area contributed by atoms with Crippen molar-refractivity contribution in [3.63, 3.8) is 0 Å². The van der Waals surface area contributed by atoms with E-state index in [1.807, 2.05) is 0 Å². The molecule has 8 heteroatoms. The van der Waals surface area contributed by atoms with Crippen LogP contribution in [-0.2, 0) is 19.1 Å². The molecule has 0 atom stereocenters. The molecule has 0 bridgehead atoms. The van der Waals surface area contributed by atoms with E-state index >= 15 is 0 Å². The van der Waals surface area contributed by atoms with Crippen molar-refractivity contribution < 1.29 is 30.6 Å². The molecule has 0 heterocycles. The Morgan fingerprint density at radius 2 is 1.67 bits per heavy atom. The first-order valence-electron chi connectivity index (χ1n) is 4.74. The van der Waals surface area contributed by atoms with E-state index in [0.717, 1.165) is 13.8 Å². The maximum Gasteiger partial charge on any atom is 0.534 e. The highest BCUT2D eigenvalue weighted by molar-refractivity contribution is 7.87. The summed E-state index contributed by atoms with van der Waals surface area (Å²) in [7, 11) is -5.75. The Hall–Kier alpha value is -1.31. The van der Waals surface area contributed by atoms with Crippen LogP contribution in [0.25, 0.3) is 0 Å². The average molecular weight is 286 g/mol. The smallest absolute Gasteiger partial charge is 0.380 e. The highest BCUT2D eigenvalue weighted by atomic mass is 32.2. The maximum atomic E-state index is 12.1. The number of rotatable bonds is 5. The first kappa shape index (κ1) is 16.7. The fourth-order valence-electron chi connectivity index (χ4n) is 1.06. The molecule has 4 nitrogen and oxygen atoms in total. The number of hydrogen-bond acceptors (Lipinski definition) is 4. The molecule has 0 saturated carbocycles. The molecule has 0 unspecified atom stereocenters. The quantitative estimate of drug-likeness (QED) is 0.256. The van der Waals surface area contributed by atoms with E-state index in [1.165, 1.54) is 0 Å². The number of halogens is 3. The van der Waals surface area contributed by atoms with Gasteiger partial charge in [0, 0.05) is 5.57 Å². The molecule has 0 aliphatic heterocycles. The number of ketones is 1. The predicted molar refractivity (Wildman–Crippen MR) is 58.9 cm³/mol. The van der Waals surface area contributed by atoms with Crippen molar-refractivity contribution in [2.75, 3.05) is 0 Å². The lowest BCUT2D eigenvalue weighted by molar-refractivity contribution is -0.113. The summed E-state index contributed by atoms with van der Waals surface area (Å²) in [6, 6.07) is 0.